The molecule has 2 heterocycles. The molecule has 0 aliphatic carbocycles. The predicted molar refractivity (Wildman–Crippen MR) is 77.5 cm³/mol. The van der Waals surface area contributed by atoms with Crippen molar-refractivity contribution < 1.29 is 9.84 Å². The zero-order chi connectivity index (χ0) is 13.9. The lowest BCUT2D eigenvalue weighted by Crippen LogP contribution is -2.43. The van der Waals surface area contributed by atoms with E-state index in [9.17, 15) is 0 Å². The summed E-state index contributed by atoms with van der Waals surface area (Å²) in [5.41, 5.74) is 3.40. The first-order valence-electron chi connectivity index (χ1n) is 6.81. The summed E-state index contributed by atoms with van der Waals surface area (Å²) in [4.78, 5) is 6.80. The smallest absolute Gasteiger partial charge is 0.0955 e. The van der Waals surface area contributed by atoms with Crippen molar-refractivity contribution in [3.8, 4) is 0 Å². The normalized spacial score (nSPS) is 20.9. The van der Waals surface area contributed by atoms with Crippen molar-refractivity contribution in [3.63, 3.8) is 0 Å². The van der Waals surface area contributed by atoms with E-state index in [-0.39, 0.29) is 6.04 Å². The van der Waals surface area contributed by atoms with Gasteiger partial charge in [0.05, 0.1) is 42.9 Å². The highest BCUT2D eigenvalue weighted by Gasteiger charge is 2.21. The molecule has 1 aromatic carbocycles. The molecule has 20 heavy (non-hydrogen) atoms. The predicted octanol–water partition coefficient (Wildman–Crippen LogP) is 1.85. The number of fused-ring (bicyclic) bond motifs is 1. The Bertz CT molecular complexity index is 621. The fourth-order valence-electron chi connectivity index (χ4n) is 2.69. The summed E-state index contributed by atoms with van der Waals surface area (Å²) in [7, 11) is 2.01. The summed E-state index contributed by atoms with van der Waals surface area (Å²) in [6.07, 6.45) is 4.73. The second-order valence-electron chi connectivity index (χ2n) is 5.09. The van der Waals surface area contributed by atoms with Gasteiger partial charge in [-0.3, -0.25) is 4.90 Å². The van der Waals surface area contributed by atoms with Crippen LogP contribution in [-0.4, -0.2) is 45.4 Å². The third-order valence-corrected chi connectivity index (χ3v) is 3.80. The molecule has 1 aliphatic rings. The number of aromatic nitrogens is 2. The van der Waals surface area contributed by atoms with Crippen LogP contribution in [0, 0.1) is 0 Å². The van der Waals surface area contributed by atoms with E-state index >= 15 is 0 Å². The van der Waals surface area contributed by atoms with E-state index in [1.54, 1.807) is 6.08 Å². The first-order chi connectivity index (χ1) is 9.79. The SMILES string of the molecule is Cn1cnc2c(CN3CCOCC3/C=C/O)cccc21. The molecule has 5 heteroatoms. The number of para-hydroxylation sites is 1. The molecule has 0 radical (unpaired) electrons. The molecule has 0 bridgehead atoms. The van der Waals surface area contributed by atoms with Crippen LogP contribution in [0.1, 0.15) is 5.56 Å². The molecule has 1 unspecified atom stereocenters. The van der Waals surface area contributed by atoms with E-state index in [4.69, 9.17) is 9.84 Å². The fraction of sp³-hybridized carbons (Fsp3) is 0.400. The Hall–Kier alpha value is -1.85. The molecule has 0 saturated carbocycles. The van der Waals surface area contributed by atoms with Gasteiger partial charge in [0.1, 0.15) is 0 Å². The third-order valence-electron chi connectivity index (χ3n) is 3.80. The Balaban J connectivity index is 1.88. The average molecular weight is 273 g/mol. The Morgan fingerprint density at radius 3 is 3.25 bits per heavy atom. The molecule has 1 saturated heterocycles. The number of rotatable bonds is 3. The van der Waals surface area contributed by atoms with E-state index in [1.165, 1.54) is 5.56 Å². The number of aryl methyl sites for hydroxylation is 1. The Labute approximate surface area is 118 Å². The summed E-state index contributed by atoms with van der Waals surface area (Å²) >= 11 is 0. The van der Waals surface area contributed by atoms with E-state index in [1.807, 2.05) is 17.9 Å². The van der Waals surface area contributed by atoms with Gasteiger partial charge in [0.2, 0.25) is 0 Å². The van der Waals surface area contributed by atoms with Crippen LogP contribution >= 0.6 is 0 Å². The highest BCUT2D eigenvalue weighted by Crippen LogP contribution is 2.20. The van der Waals surface area contributed by atoms with E-state index in [0.717, 1.165) is 37.0 Å². The van der Waals surface area contributed by atoms with Gasteiger partial charge in [-0.15, -0.1) is 0 Å². The number of imidazole rings is 1. The molecular formula is C15H19N3O2. The van der Waals surface area contributed by atoms with Crippen molar-refractivity contribution in [3.05, 3.63) is 42.4 Å². The van der Waals surface area contributed by atoms with Gasteiger partial charge in [-0.2, -0.15) is 0 Å². The number of aliphatic hydroxyl groups excluding tert-OH is 1. The number of hydrogen-bond donors (Lipinski definition) is 1. The molecule has 1 aliphatic heterocycles. The summed E-state index contributed by atoms with van der Waals surface area (Å²) in [5.74, 6) is 0. The summed E-state index contributed by atoms with van der Waals surface area (Å²) in [6.45, 7) is 3.02. The fourth-order valence-corrected chi connectivity index (χ4v) is 2.69. The monoisotopic (exact) mass is 273 g/mol. The van der Waals surface area contributed by atoms with E-state index in [2.05, 4.69) is 28.1 Å². The van der Waals surface area contributed by atoms with Crippen LogP contribution in [0.15, 0.2) is 36.9 Å². The van der Waals surface area contributed by atoms with Crippen LogP contribution in [0.3, 0.4) is 0 Å². The maximum atomic E-state index is 9.00. The van der Waals surface area contributed by atoms with Gasteiger partial charge in [-0.05, 0) is 17.7 Å². The molecule has 0 amide bonds. The minimum atomic E-state index is 0.118. The van der Waals surface area contributed by atoms with Gasteiger partial charge in [-0.25, -0.2) is 4.98 Å². The molecule has 1 atom stereocenters. The van der Waals surface area contributed by atoms with Crippen LogP contribution in [0.25, 0.3) is 11.0 Å². The van der Waals surface area contributed by atoms with Crippen molar-refractivity contribution in [2.75, 3.05) is 19.8 Å². The molecule has 3 rings (SSSR count). The van der Waals surface area contributed by atoms with E-state index < -0.39 is 0 Å². The Morgan fingerprint density at radius 1 is 1.50 bits per heavy atom. The van der Waals surface area contributed by atoms with Gasteiger partial charge >= 0.3 is 0 Å². The zero-order valence-corrected chi connectivity index (χ0v) is 11.6. The Kier molecular flexibility index (Phi) is 3.71. The molecule has 1 fully saturated rings. The van der Waals surface area contributed by atoms with Crippen LogP contribution < -0.4 is 0 Å². The number of morpholine rings is 1. The standard InChI is InChI=1S/C15H19N3O2/c1-17-11-16-15-12(3-2-4-14(15)17)9-18-6-8-20-10-13(18)5-7-19/h2-5,7,11,13,19H,6,8-10H2,1H3/b7-5+. The van der Waals surface area contributed by atoms with E-state index in [0.29, 0.717) is 6.61 Å². The van der Waals surface area contributed by atoms with Crippen molar-refractivity contribution in [2.45, 2.75) is 12.6 Å². The quantitative estimate of drug-likeness (QED) is 0.867. The zero-order valence-electron chi connectivity index (χ0n) is 11.6. The lowest BCUT2D eigenvalue weighted by molar-refractivity contribution is 0.00579. The van der Waals surface area contributed by atoms with Crippen LogP contribution in [0.5, 0.6) is 0 Å². The molecule has 5 nitrogen and oxygen atoms in total. The number of benzene rings is 1. The second-order valence-corrected chi connectivity index (χ2v) is 5.09. The largest absolute Gasteiger partial charge is 0.516 e. The Morgan fingerprint density at radius 2 is 2.40 bits per heavy atom. The van der Waals surface area contributed by atoms with Gasteiger partial charge in [-0.1, -0.05) is 12.1 Å². The molecular weight excluding hydrogens is 254 g/mol. The lowest BCUT2D eigenvalue weighted by Gasteiger charge is -2.33. The first-order valence-corrected chi connectivity index (χ1v) is 6.81. The molecule has 2 aromatic rings. The summed E-state index contributed by atoms with van der Waals surface area (Å²) < 4.78 is 7.50. The number of hydrogen-bond acceptors (Lipinski definition) is 4. The highest BCUT2D eigenvalue weighted by molar-refractivity contribution is 5.78. The highest BCUT2D eigenvalue weighted by atomic mass is 16.5. The average Bonchev–Trinajstić information content (AvgIpc) is 2.84. The van der Waals surface area contributed by atoms with Crippen molar-refractivity contribution >= 4 is 11.0 Å². The maximum absolute atomic E-state index is 9.00. The third kappa shape index (κ3) is 2.42. The van der Waals surface area contributed by atoms with Gasteiger partial charge in [0.15, 0.2) is 0 Å². The molecule has 1 aromatic heterocycles. The minimum Gasteiger partial charge on any atom is -0.516 e. The van der Waals surface area contributed by atoms with Crippen molar-refractivity contribution in [1.82, 2.24) is 14.5 Å². The maximum Gasteiger partial charge on any atom is 0.0955 e. The minimum absolute atomic E-state index is 0.118. The molecule has 1 N–H and O–H groups in total. The molecule has 106 valence electrons. The summed E-state index contributed by atoms with van der Waals surface area (Å²) in [6, 6.07) is 6.38. The van der Waals surface area contributed by atoms with Crippen LogP contribution in [0.4, 0.5) is 0 Å². The summed E-state index contributed by atoms with van der Waals surface area (Å²) in [5, 5.41) is 9.00. The molecule has 0 spiro atoms. The number of ether oxygens (including phenoxy) is 1. The van der Waals surface area contributed by atoms with Crippen molar-refractivity contribution in [1.29, 1.82) is 0 Å². The lowest BCUT2D eigenvalue weighted by atomic mass is 10.1. The van der Waals surface area contributed by atoms with Crippen LogP contribution in [-0.2, 0) is 18.3 Å². The van der Waals surface area contributed by atoms with Crippen molar-refractivity contribution in [2.24, 2.45) is 7.05 Å². The van der Waals surface area contributed by atoms with Gasteiger partial charge in [0, 0.05) is 20.1 Å². The van der Waals surface area contributed by atoms with Gasteiger partial charge < -0.3 is 14.4 Å². The second kappa shape index (κ2) is 5.64. The number of nitrogens with zero attached hydrogens (tertiary/aromatic N) is 3. The topological polar surface area (TPSA) is 50.5 Å². The number of aliphatic hydroxyl groups is 1. The van der Waals surface area contributed by atoms with Gasteiger partial charge in [0.25, 0.3) is 0 Å². The van der Waals surface area contributed by atoms with Crippen LogP contribution in [0.2, 0.25) is 0 Å². The first kappa shape index (κ1) is 13.1.